The Morgan fingerprint density at radius 3 is 2.33 bits per heavy atom. The second-order valence-electron chi connectivity index (χ2n) is 10.1. The highest BCUT2D eigenvalue weighted by Gasteiger charge is 2.48. The van der Waals surface area contributed by atoms with Crippen molar-refractivity contribution < 1.29 is 24.2 Å². The monoisotopic (exact) mass is 683 g/mol. The van der Waals surface area contributed by atoms with Gasteiger partial charge in [0, 0.05) is 21.4 Å². The largest absolute Gasteiger partial charge is 0.507 e. The van der Waals surface area contributed by atoms with Crippen molar-refractivity contribution in [2.75, 3.05) is 18.1 Å². The number of ketones is 1. The fraction of sp³-hybridized carbons (Fsp3) is 0.273. The van der Waals surface area contributed by atoms with Gasteiger partial charge >= 0.3 is 5.91 Å². The van der Waals surface area contributed by atoms with Gasteiger partial charge in [0.25, 0.3) is 5.78 Å². The molecule has 1 aliphatic rings. The average molecular weight is 685 g/mol. The number of carbonyl (C=O) groups is 2. The van der Waals surface area contributed by atoms with E-state index < -0.39 is 17.7 Å². The minimum atomic E-state index is -1.00. The van der Waals surface area contributed by atoms with Crippen LogP contribution in [0.1, 0.15) is 55.8 Å². The molecular weight excluding hydrogens is 653 g/mol. The first-order chi connectivity index (χ1) is 21.8. The number of aromatic nitrogens is 2. The Labute approximate surface area is 280 Å². The fourth-order valence-electron chi connectivity index (χ4n) is 4.81. The summed E-state index contributed by atoms with van der Waals surface area (Å²) >= 11 is 14.7. The van der Waals surface area contributed by atoms with Crippen LogP contribution < -0.4 is 14.4 Å². The number of thioether (sulfide) groups is 1. The number of nitrogens with zero attached hydrogens (tertiary/aromatic N) is 3. The molecule has 1 atom stereocenters. The second-order valence-corrected chi connectivity index (χ2v) is 13.2. The SMILES string of the molecule is CCCCCOc1ccc(C2C(=C(O)c3ccc(Cl)cc3)C(=O)C(=O)N2c2nnc(SCc3ccc(Cl)cc3)s2)cc1OCC. The molecular formula is C33H31Cl2N3O5S2. The maximum absolute atomic E-state index is 13.7. The van der Waals surface area contributed by atoms with Gasteiger partial charge in [-0.3, -0.25) is 14.5 Å². The molecule has 1 N–H and O–H groups in total. The number of anilines is 1. The van der Waals surface area contributed by atoms with Crippen LogP contribution in [0.25, 0.3) is 5.76 Å². The molecule has 0 bridgehead atoms. The predicted octanol–water partition coefficient (Wildman–Crippen LogP) is 8.73. The third-order valence-corrected chi connectivity index (χ3v) is 9.66. The van der Waals surface area contributed by atoms with Gasteiger partial charge in [-0.2, -0.15) is 0 Å². The third-order valence-electron chi connectivity index (χ3n) is 7.03. The molecule has 0 aliphatic carbocycles. The van der Waals surface area contributed by atoms with Gasteiger partial charge in [-0.05, 0) is 73.0 Å². The first-order valence-corrected chi connectivity index (χ1v) is 17.0. The maximum Gasteiger partial charge on any atom is 0.301 e. The number of ether oxygens (including phenoxy) is 2. The Kier molecular flexibility index (Phi) is 11.0. The molecule has 1 fully saturated rings. The molecule has 0 spiro atoms. The summed E-state index contributed by atoms with van der Waals surface area (Å²) < 4.78 is 12.6. The molecule has 0 radical (unpaired) electrons. The van der Waals surface area contributed by atoms with E-state index in [0.29, 0.717) is 56.0 Å². The Balaban J connectivity index is 1.54. The summed E-state index contributed by atoms with van der Waals surface area (Å²) in [4.78, 5) is 28.6. The molecule has 1 unspecified atom stereocenters. The number of Topliss-reactive ketones (excluding diaryl/α,β-unsaturated/α-hetero) is 1. The van der Waals surface area contributed by atoms with Crippen LogP contribution >= 0.6 is 46.3 Å². The van der Waals surface area contributed by atoms with Gasteiger partial charge in [0.15, 0.2) is 15.8 Å². The van der Waals surface area contributed by atoms with E-state index in [1.54, 1.807) is 42.5 Å². The van der Waals surface area contributed by atoms with Crippen molar-refractivity contribution in [1.82, 2.24) is 10.2 Å². The molecule has 4 aromatic rings. The predicted molar refractivity (Wildman–Crippen MR) is 180 cm³/mol. The standard InChI is InChI=1S/C33H31Cl2N3O5S2/c1-3-5-6-17-43-25-16-11-22(18-26(25)42-4-2)28-27(29(39)21-9-14-24(35)15-10-21)30(40)31(41)38(28)32-36-37-33(45-32)44-19-20-7-12-23(34)13-8-20/h7-16,18,28,39H,3-6,17,19H2,1-2H3. The van der Waals surface area contributed by atoms with Gasteiger partial charge in [-0.25, -0.2) is 0 Å². The molecule has 3 aromatic carbocycles. The Bertz CT molecular complexity index is 1690. The zero-order chi connectivity index (χ0) is 31.9. The topological polar surface area (TPSA) is 102 Å². The summed E-state index contributed by atoms with van der Waals surface area (Å²) in [6.07, 6.45) is 3.02. The molecule has 1 saturated heterocycles. The molecule has 0 saturated carbocycles. The van der Waals surface area contributed by atoms with Crippen molar-refractivity contribution in [1.29, 1.82) is 0 Å². The number of aliphatic hydroxyl groups is 1. The van der Waals surface area contributed by atoms with E-state index in [2.05, 4.69) is 17.1 Å². The van der Waals surface area contributed by atoms with Crippen LogP contribution in [0.4, 0.5) is 5.13 Å². The number of rotatable bonds is 13. The minimum absolute atomic E-state index is 0.0769. The number of hydrogen-bond acceptors (Lipinski definition) is 9. The summed E-state index contributed by atoms with van der Waals surface area (Å²) in [6, 6.07) is 18.2. The van der Waals surface area contributed by atoms with Gasteiger partial charge in [-0.15, -0.1) is 10.2 Å². The van der Waals surface area contributed by atoms with E-state index in [0.717, 1.165) is 24.8 Å². The van der Waals surface area contributed by atoms with Crippen LogP contribution in [-0.2, 0) is 15.3 Å². The lowest BCUT2D eigenvalue weighted by molar-refractivity contribution is -0.132. The number of halogens is 2. The number of unbranched alkanes of at least 4 members (excludes halogenated alkanes) is 2. The first-order valence-electron chi connectivity index (χ1n) is 14.5. The molecule has 5 rings (SSSR count). The highest BCUT2D eigenvalue weighted by Crippen LogP contribution is 2.45. The molecule has 234 valence electrons. The smallest absolute Gasteiger partial charge is 0.301 e. The lowest BCUT2D eigenvalue weighted by atomic mass is 9.95. The number of carbonyl (C=O) groups excluding carboxylic acids is 2. The van der Waals surface area contributed by atoms with Crippen LogP contribution in [0.5, 0.6) is 11.5 Å². The van der Waals surface area contributed by atoms with Gasteiger partial charge in [0.05, 0.1) is 24.8 Å². The van der Waals surface area contributed by atoms with Crippen LogP contribution in [0.15, 0.2) is 76.6 Å². The van der Waals surface area contributed by atoms with E-state index in [1.807, 2.05) is 31.2 Å². The summed E-state index contributed by atoms with van der Waals surface area (Å²) in [5, 5.41) is 21.4. The first kappa shape index (κ1) is 32.8. The van der Waals surface area contributed by atoms with E-state index in [4.69, 9.17) is 32.7 Å². The van der Waals surface area contributed by atoms with Gasteiger partial charge < -0.3 is 14.6 Å². The summed E-state index contributed by atoms with van der Waals surface area (Å²) in [6.45, 7) is 4.90. The molecule has 1 aromatic heterocycles. The summed E-state index contributed by atoms with van der Waals surface area (Å²) in [7, 11) is 0. The van der Waals surface area contributed by atoms with Crippen molar-refractivity contribution in [2.45, 2.75) is 49.2 Å². The third kappa shape index (κ3) is 7.64. The van der Waals surface area contributed by atoms with E-state index >= 15 is 0 Å². The molecule has 2 heterocycles. The molecule has 12 heteroatoms. The lowest BCUT2D eigenvalue weighted by Crippen LogP contribution is -2.29. The normalized spacial score (nSPS) is 15.9. The van der Waals surface area contributed by atoms with Gasteiger partial charge in [0.1, 0.15) is 5.76 Å². The molecule has 1 aliphatic heterocycles. The van der Waals surface area contributed by atoms with Crippen molar-refractivity contribution in [3.8, 4) is 11.5 Å². The van der Waals surface area contributed by atoms with E-state index in [-0.39, 0.29) is 16.5 Å². The van der Waals surface area contributed by atoms with Gasteiger partial charge in [0.2, 0.25) is 5.13 Å². The van der Waals surface area contributed by atoms with Crippen LogP contribution in [0.3, 0.4) is 0 Å². The van der Waals surface area contributed by atoms with Gasteiger partial charge in [-0.1, -0.05) is 84.3 Å². The van der Waals surface area contributed by atoms with Crippen molar-refractivity contribution in [3.63, 3.8) is 0 Å². The number of aliphatic hydroxyl groups excluding tert-OH is 1. The Morgan fingerprint density at radius 2 is 1.64 bits per heavy atom. The van der Waals surface area contributed by atoms with Crippen LogP contribution in [0.2, 0.25) is 10.0 Å². The second kappa shape index (κ2) is 15.1. The van der Waals surface area contributed by atoms with Crippen molar-refractivity contribution in [2.24, 2.45) is 0 Å². The Hall–Kier alpha value is -3.57. The Morgan fingerprint density at radius 1 is 0.933 bits per heavy atom. The van der Waals surface area contributed by atoms with Crippen LogP contribution in [0, 0.1) is 0 Å². The zero-order valence-electron chi connectivity index (χ0n) is 24.7. The number of amides is 1. The van der Waals surface area contributed by atoms with Crippen molar-refractivity contribution >= 4 is 68.9 Å². The lowest BCUT2D eigenvalue weighted by Gasteiger charge is -2.23. The highest BCUT2D eigenvalue weighted by molar-refractivity contribution is 8.00. The average Bonchev–Trinajstić information content (AvgIpc) is 3.61. The fourth-order valence-corrected chi connectivity index (χ4v) is 6.88. The summed E-state index contributed by atoms with van der Waals surface area (Å²) in [5.74, 6) is -0.336. The molecule has 8 nitrogen and oxygen atoms in total. The van der Waals surface area contributed by atoms with E-state index in [1.165, 1.54) is 28.0 Å². The highest BCUT2D eigenvalue weighted by atomic mass is 35.5. The number of hydrogen-bond donors (Lipinski definition) is 1. The quantitative estimate of drug-likeness (QED) is 0.0373. The zero-order valence-corrected chi connectivity index (χ0v) is 27.8. The maximum atomic E-state index is 13.7. The molecule has 45 heavy (non-hydrogen) atoms. The summed E-state index contributed by atoms with van der Waals surface area (Å²) in [5.41, 5.74) is 1.86. The molecule has 1 amide bonds. The number of benzene rings is 3. The van der Waals surface area contributed by atoms with Crippen LogP contribution in [-0.4, -0.2) is 40.2 Å². The minimum Gasteiger partial charge on any atom is -0.507 e. The van der Waals surface area contributed by atoms with Crippen molar-refractivity contribution in [3.05, 3.63) is 99.0 Å². The van der Waals surface area contributed by atoms with E-state index in [9.17, 15) is 14.7 Å².